The van der Waals surface area contributed by atoms with Crippen molar-refractivity contribution < 1.29 is 0 Å². The Hall–Kier alpha value is 0. The Balaban J connectivity index is 1.79. The van der Waals surface area contributed by atoms with Crippen LogP contribution in [0.4, 0.5) is 0 Å². The van der Waals surface area contributed by atoms with Crippen LogP contribution in [-0.4, -0.2) is 0 Å². The molecule has 0 heteroatoms. The molecular formula is C11H16. The lowest BCUT2D eigenvalue weighted by atomic mass is 9.82. The highest BCUT2D eigenvalue weighted by molar-refractivity contribution is 5.13. The molecule has 6 unspecified atom stereocenters. The molecule has 0 spiro atoms. The molecular weight excluding hydrogens is 132 g/mol. The zero-order valence-corrected chi connectivity index (χ0v) is 7.00. The maximum Gasteiger partial charge on any atom is -0.0349 e. The van der Waals surface area contributed by atoms with E-state index in [1.165, 1.54) is 35.5 Å². The molecule has 0 amide bonds. The first-order valence-electron chi connectivity index (χ1n) is 5.45. The predicted octanol–water partition coefficient (Wildman–Crippen LogP) is 2.69. The molecule has 4 fully saturated rings. The van der Waals surface area contributed by atoms with E-state index >= 15 is 0 Å². The van der Waals surface area contributed by atoms with Gasteiger partial charge in [-0.15, -0.1) is 0 Å². The molecule has 11 heavy (non-hydrogen) atoms. The van der Waals surface area contributed by atoms with Crippen LogP contribution in [0.2, 0.25) is 0 Å². The molecule has 0 N–H and O–H groups in total. The molecule has 0 heterocycles. The first-order valence-corrected chi connectivity index (χ1v) is 5.45. The van der Waals surface area contributed by atoms with E-state index in [-0.39, 0.29) is 0 Å². The van der Waals surface area contributed by atoms with Crippen molar-refractivity contribution in [3.05, 3.63) is 0 Å². The molecule has 60 valence electrons. The normalized spacial score (nSPS) is 69.8. The Morgan fingerprint density at radius 1 is 0.545 bits per heavy atom. The monoisotopic (exact) mass is 148 g/mol. The van der Waals surface area contributed by atoms with E-state index < -0.39 is 0 Å². The van der Waals surface area contributed by atoms with E-state index in [1.54, 1.807) is 32.1 Å². The predicted molar refractivity (Wildman–Crippen MR) is 44.0 cm³/mol. The van der Waals surface area contributed by atoms with Crippen molar-refractivity contribution in [3.8, 4) is 0 Å². The average molecular weight is 148 g/mol. The van der Waals surface area contributed by atoms with Gasteiger partial charge in [-0.2, -0.15) is 0 Å². The lowest BCUT2D eigenvalue weighted by Crippen LogP contribution is -2.18. The molecule has 0 saturated heterocycles. The Bertz CT molecular complexity index is 184. The van der Waals surface area contributed by atoms with Crippen LogP contribution in [0.25, 0.3) is 0 Å². The van der Waals surface area contributed by atoms with Crippen LogP contribution in [0, 0.1) is 35.5 Å². The zero-order chi connectivity index (χ0) is 7.00. The van der Waals surface area contributed by atoms with Crippen molar-refractivity contribution >= 4 is 0 Å². The fourth-order valence-corrected chi connectivity index (χ4v) is 4.95. The van der Waals surface area contributed by atoms with E-state index in [2.05, 4.69) is 0 Å². The molecule has 0 aromatic heterocycles. The van der Waals surface area contributed by atoms with Crippen LogP contribution in [0.5, 0.6) is 0 Å². The summed E-state index contributed by atoms with van der Waals surface area (Å²) in [5.74, 6) is 7.42. The Morgan fingerprint density at radius 3 is 1.55 bits per heavy atom. The van der Waals surface area contributed by atoms with Gasteiger partial charge in [0, 0.05) is 0 Å². The summed E-state index contributed by atoms with van der Waals surface area (Å²) in [4.78, 5) is 0. The van der Waals surface area contributed by atoms with Gasteiger partial charge in [0.05, 0.1) is 0 Å². The second-order valence-electron chi connectivity index (χ2n) is 5.39. The molecule has 2 bridgehead atoms. The standard InChI is InChI=1S/C11H16/c1-2-6-7(3-1)9-4-8(6)10-5-11(9)10/h6-11H,1-5H2. The van der Waals surface area contributed by atoms with Gasteiger partial charge in [0.1, 0.15) is 0 Å². The fourth-order valence-electron chi connectivity index (χ4n) is 4.95. The fraction of sp³-hybridized carbons (Fsp3) is 1.00. The topological polar surface area (TPSA) is 0 Å². The number of fused-ring (bicyclic) bond motifs is 8. The maximum absolute atomic E-state index is 1.66. The highest BCUT2D eigenvalue weighted by Crippen LogP contribution is 2.72. The second kappa shape index (κ2) is 1.53. The minimum absolute atomic E-state index is 1.23. The van der Waals surface area contributed by atoms with Crippen molar-refractivity contribution in [1.82, 2.24) is 0 Å². The van der Waals surface area contributed by atoms with E-state index in [4.69, 9.17) is 0 Å². The molecule has 6 atom stereocenters. The number of hydrogen-bond donors (Lipinski definition) is 0. The minimum Gasteiger partial charge on any atom is -0.0527 e. The van der Waals surface area contributed by atoms with Crippen molar-refractivity contribution in [2.75, 3.05) is 0 Å². The summed E-state index contributed by atoms with van der Waals surface area (Å²) in [6.45, 7) is 0. The summed E-state index contributed by atoms with van der Waals surface area (Å²) in [5, 5.41) is 0. The average Bonchev–Trinajstić information content (AvgIpc) is 2.46. The first kappa shape index (κ1) is 5.61. The molecule has 0 aromatic rings. The first-order chi connectivity index (χ1) is 5.45. The highest BCUT2D eigenvalue weighted by atomic mass is 14.7. The van der Waals surface area contributed by atoms with Gasteiger partial charge in [-0.25, -0.2) is 0 Å². The van der Waals surface area contributed by atoms with Gasteiger partial charge in [0.2, 0.25) is 0 Å². The van der Waals surface area contributed by atoms with Crippen molar-refractivity contribution in [2.45, 2.75) is 32.1 Å². The van der Waals surface area contributed by atoms with Gasteiger partial charge in [0.25, 0.3) is 0 Å². The molecule has 0 nitrogen and oxygen atoms in total. The van der Waals surface area contributed by atoms with Crippen LogP contribution in [0.3, 0.4) is 0 Å². The Labute approximate surface area is 68.4 Å². The third-order valence-corrected chi connectivity index (χ3v) is 5.26. The smallest absolute Gasteiger partial charge is 0.0349 e. The maximum atomic E-state index is 1.66. The third-order valence-electron chi connectivity index (χ3n) is 5.26. The molecule has 0 aromatic carbocycles. The van der Waals surface area contributed by atoms with Gasteiger partial charge in [0.15, 0.2) is 0 Å². The number of hydrogen-bond acceptors (Lipinski definition) is 0. The van der Waals surface area contributed by atoms with Crippen LogP contribution in [0.15, 0.2) is 0 Å². The molecule has 0 radical (unpaired) electrons. The summed E-state index contributed by atoms with van der Waals surface area (Å²) < 4.78 is 0. The third kappa shape index (κ3) is 0.494. The van der Waals surface area contributed by atoms with Crippen molar-refractivity contribution in [2.24, 2.45) is 35.5 Å². The summed E-state index contributed by atoms with van der Waals surface area (Å²) in [6, 6.07) is 0. The molecule has 4 rings (SSSR count). The van der Waals surface area contributed by atoms with Gasteiger partial charge in [-0.3, -0.25) is 0 Å². The quantitative estimate of drug-likeness (QED) is 0.495. The minimum atomic E-state index is 1.23. The van der Waals surface area contributed by atoms with E-state index in [1.807, 2.05) is 0 Å². The highest BCUT2D eigenvalue weighted by Gasteiger charge is 2.65. The Morgan fingerprint density at radius 2 is 1.00 bits per heavy atom. The van der Waals surface area contributed by atoms with E-state index in [0.717, 1.165) is 0 Å². The van der Waals surface area contributed by atoms with Gasteiger partial charge < -0.3 is 0 Å². The zero-order valence-electron chi connectivity index (χ0n) is 7.00. The molecule has 4 saturated carbocycles. The van der Waals surface area contributed by atoms with E-state index in [9.17, 15) is 0 Å². The van der Waals surface area contributed by atoms with Crippen molar-refractivity contribution in [3.63, 3.8) is 0 Å². The second-order valence-corrected chi connectivity index (χ2v) is 5.39. The van der Waals surface area contributed by atoms with Crippen LogP contribution in [-0.2, 0) is 0 Å². The SMILES string of the molecule is C1CC2C(C1)C1CC2C2CC12. The lowest BCUT2D eigenvalue weighted by molar-refractivity contribution is 0.247. The van der Waals surface area contributed by atoms with Crippen LogP contribution in [0.1, 0.15) is 32.1 Å². The molecule has 4 aliphatic carbocycles. The van der Waals surface area contributed by atoms with Crippen LogP contribution < -0.4 is 0 Å². The van der Waals surface area contributed by atoms with Gasteiger partial charge in [-0.05, 0) is 61.2 Å². The largest absolute Gasteiger partial charge is 0.0527 e. The lowest BCUT2D eigenvalue weighted by Gasteiger charge is -2.23. The summed E-state index contributed by atoms with van der Waals surface area (Å²) in [6.07, 6.45) is 8.08. The van der Waals surface area contributed by atoms with E-state index in [0.29, 0.717) is 0 Å². The molecule has 0 aliphatic heterocycles. The van der Waals surface area contributed by atoms with Gasteiger partial charge in [-0.1, -0.05) is 6.42 Å². The summed E-state index contributed by atoms with van der Waals surface area (Å²) >= 11 is 0. The van der Waals surface area contributed by atoms with Crippen LogP contribution >= 0.6 is 0 Å². The Kier molecular flexibility index (Phi) is 0.781. The molecule has 4 aliphatic rings. The summed E-state index contributed by atoms with van der Waals surface area (Å²) in [7, 11) is 0. The summed E-state index contributed by atoms with van der Waals surface area (Å²) in [5.41, 5.74) is 0. The van der Waals surface area contributed by atoms with Crippen molar-refractivity contribution in [1.29, 1.82) is 0 Å². The number of rotatable bonds is 0. The van der Waals surface area contributed by atoms with Gasteiger partial charge >= 0.3 is 0 Å².